The lowest BCUT2D eigenvalue weighted by Crippen LogP contribution is -2.41. The molecule has 1 atom stereocenters. The summed E-state index contributed by atoms with van der Waals surface area (Å²) in [6, 6.07) is 3.33. The summed E-state index contributed by atoms with van der Waals surface area (Å²) < 4.78 is 0. The second-order valence-electron chi connectivity index (χ2n) is 5.13. The number of aromatic nitrogens is 1. The number of anilines is 1. The molecule has 1 aromatic rings. The van der Waals surface area contributed by atoms with Crippen LogP contribution in [0, 0.1) is 5.92 Å². The second-order valence-corrected chi connectivity index (χ2v) is 5.57. The van der Waals surface area contributed by atoms with E-state index in [1.54, 1.807) is 12.1 Å². The Morgan fingerprint density at radius 3 is 2.95 bits per heavy atom. The number of nitrogens with one attached hydrogen (secondary N) is 1. The van der Waals surface area contributed by atoms with E-state index in [0.29, 0.717) is 23.9 Å². The Hall–Kier alpha value is -1.66. The van der Waals surface area contributed by atoms with Crippen LogP contribution in [0.4, 0.5) is 5.82 Å². The minimum atomic E-state index is -0.813. The van der Waals surface area contributed by atoms with E-state index in [1.807, 2.05) is 4.90 Å². The van der Waals surface area contributed by atoms with Crippen molar-refractivity contribution in [1.82, 2.24) is 9.88 Å². The molecule has 0 spiro atoms. The third-order valence-corrected chi connectivity index (χ3v) is 3.72. The van der Waals surface area contributed by atoms with Gasteiger partial charge in [0.25, 0.3) is 0 Å². The number of hydrogen-bond donors (Lipinski definition) is 2. The summed E-state index contributed by atoms with van der Waals surface area (Å²) in [5.74, 6) is -0.547. The number of carboxylic acids is 1. The fraction of sp³-hybridized carbons (Fsp3) is 0.500. The first-order valence-electron chi connectivity index (χ1n) is 6.91. The number of likely N-dealkylation sites (tertiary alicyclic amines) is 1. The SMILES string of the molecule is O=C(O)CCN1CCC[C@@H](C(=O)Nc2ccc(Cl)cn2)C1. The number of rotatable bonds is 5. The lowest BCUT2D eigenvalue weighted by atomic mass is 9.97. The molecule has 1 saturated heterocycles. The minimum absolute atomic E-state index is 0.0788. The van der Waals surface area contributed by atoms with E-state index in [9.17, 15) is 9.59 Å². The summed E-state index contributed by atoms with van der Waals surface area (Å²) in [5.41, 5.74) is 0. The van der Waals surface area contributed by atoms with Crippen LogP contribution in [0.2, 0.25) is 5.02 Å². The van der Waals surface area contributed by atoms with Gasteiger partial charge in [0.2, 0.25) is 5.91 Å². The van der Waals surface area contributed by atoms with Gasteiger partial charge in [-0.3, -0.25) is 9.59 Å². The van der Waals surface area contributed by atoms with Crippen LogP contribution in [0.3, 0.4) is 0 Å². The maximum atomic E-state index is 12.2. The molecule has 1 aromatic heterocycles. The first kappa shape index (κ1) is 15.7. The van der Waals surface area contributed by atoms with Gasteiger partial charge < -0.3 is 15.3 Å². The van der Waals surface area contributed by atoms with Gasteiger partial charge in [-0.05, 0) is 31.5 Å². The number of aliphatic carboxylic acids is 1. The van der Waals surface area contributed by atoms with Crippen molar-refractivity contribution in [3.05, 3.63) is 23.4 Å². The number of piperidine rings is 1. The molecule has 1 amide bonds. The molecule has 2 rings (SSSR count). The molecule has 114 valence electrons. The van der Waals surface area contributed by atoms with Gasteiger partial charge in [0.1, 0.15) is 5.82 Å². The predicted molar refractivity (Wildman–Crippen MR) is 79.3 cm³/mol. The Kier molecular flexibility index (Phi) is 5.52. The molecule has 0 radical (unpaired) electrons. The lowest BCUT2D eigenvalue weighted by Gasteiger charge is -2.31. The van der Waals surface area contributed by atoms with Crippen LogP contribution in [0.5, 0.6) is 0 Å². The van der Waals surface area contributed by atoms with Crippen molar-refractivity contribution in [2.75, 3.05) is 25.0 Å². The average molecular weight is 312 g/mol. The van der Waals surface area contributed by atoms with Crippen molar-refractivity contribution in [3.8, 4) is 0 Å². The normalized spacial score (nSPS) is 19.2. The Balaban J connectivity index is 1.86. The van der Waals surface area contributed by atoms with Crippen molar-refractivity contribution < 1.29 is 14.7 Å². The molecule has 0 unspecified atom stereocenters. The van der Waals surface area contributed by atoms with E-state index in [0.717, 1.165) is 19.4 Å². The summed E-state index contributed by atoms with van der Waals surface area (Å²) in [7, 11) is 0. The highest BCUT2D eigenvalue weighted by Crippen LogP contribution is 2.19. The monoisotopic (exact) mass is 311 g/mol. The highest BCUT2D eigenvalue weighted by atomic mass is 35.5. The zero-order chi connectivity index (χ0) is 15.2. The second kappa shape index (κ2) is 7.38. The van der Waals surface area contributed by atoms with Crippen molar-refractivity contribution in [1.29, 1.82) is 0 Å². The average Bonchev–Trinajstić information content (AvgIpc) is 2.48. The van der Waals surface area contributed by atoms with Gasteiger partial charge in [0, 0.05) is 19.3 Å². The first-order chi connectivity index (χ1) is 10.0. The van der Waals surface area contributed by atoms with Crippen molar-refractivity contribution >= 4 is 29.3 Å². The molecule has 6 nitrogen and oxygen atoms in total. The standard InChI is InChI=1S/C14H18ClN3O3/c15-11-3-4-12(16-8-11)17-14(21)10-2-1-6-18(9-10)7-5-13(19)20/h3-4,8,10H,1-2,5-7,9H2,(H,19,20)(H,16,17,21)/t10-/m1/s1. The quantitative estimate of drug-likeness (QED) is 0.867. The molecule has 0 aliphatic carbocycles. The largest absolute Gasteiger partial charge is 0.481 e. The maximum absolute atomic E-state index is 12.2. The van der Waals surface area contributed by atoms with Gasteiger partial charge in [-0.1, -0.05) is 11.6 Å². The van der Waals surface area contributed by atoms with Crippen LogP contribution >= 0.6 is 11.6 Å². The van der Waals surface area contributed by atoms with E-state index < -0.39 is 5.97 Å². The Bertz CT molecular complexity index is 507. The fourth-order valence-electron chi connectivity index (χ4n) is 2.40. The summed E-state index contributed by atoms with van der Waals surface area (Å²) in [4.78, 5) is 28.9. The molecule has 1 fully saturated rings. The Morgan fingerprint density at radius 2 is 2.29 bits per heavy atom. The summed E-state index contributed by atoms with van der Waals surface area (Å²) >= 11 is 5.75. The summed E-state index contributed by atoms with van der Waals surface area (Å²) in [5, 5.41) is 12.0. The molecule has 2 N–H and O–H groups in total. The van der Waals surface area contributed by atoms with Crippen LogP contribution in [-0.4, -0.2) is 46.5 Å². The van der Waals surface area contributed by atoms with Gasteiger partial charge >= 0.3 is 5.97 Å². The maximum Gasteiger partial charge on any atom is 0.304 e. The van der Waals surface area contributed by atoms with E-state index in [2.05, 4.69) is 10.3 Å². The van der Waals surface area contributed by atoms with Crippen molar-refractivity contribution in [3.63, 3.8) is 0 Å². The molecule has 7 heteroatoms. The smallest absolute Gasteiger partial charge is 0.304 e. The van der Waals surface area contributed by atoms with Crippen LogP contribution in [0.25, 0.3) is 0 Å². The van der Waals surface area contributed by atoms with Crippen LogP contribution in [0.1, 0.15) is 19.3 Å². The van der Waals surface area contributed by atoms with E-state index in [1.165, 1.54) is 6.20 Å². The van der Waals surface area contributed by atoms with E-state index in [4.69, 9.17) is 16.7 Å². The number of amides is 1. The molecule has 1 aliphatic heterocycles. The van der Waals surface area contributed by atoms with Crippen molar-refractivity contribution in [2.45, 2.75) is 19.3 Å². The van der Waals surface area contributed by atoms with Gasteiger partial charge in [0.15, 0.2) is 0 Å². The number of pyridine rings is 1. The number of carbonyl (C=O) groups excluding carboxylic acids is 1. The Labute approximate surface area is 128 Å². The van der Waals surface area contributed by atoms with Gasteiger partial charge in [-0.2, -0.15) is 0 Å². The van der Waals surface area contributed by atoms with E-state index >= 15 is 0 Å². The molecule has 2 heterocycles. The van der Waals surface area contributed by atoms with Gasteiger partial charge in [0.05, 0.1) is 17.4 Å². The van der Waals surface area contributed by atoms with E-state index in [-0.39, 0.29) is 18.2 Å². The zero-order valence-electron chi connectivity index (χ0n) is 11.6. The fourth-order valence-corrected chi connectivity index (χ4v) is 2.52. The van der Waals surface area contributed by atoms with Crippen molar-refractivity contribution in [2.24, 2.45) is 5.92 Å². The third-order valence-electron chi connectivity index (χ3n) is 3.50. The molecule has 0 saturated carbocycles. The predicted octanol–water partition coefficient (Wildman–Crippen LogP) is 1.86. The number of nitrogens with zero attached hydrogens (tertiary/aromatic N) is 2. The lowest BCUT2D eigenvalue weighted by molar-refractivity contribution is -0.137. The van der Waals surface area contributed by atoms with Gasteiger partial charge in [-0.25, -0.2) is 4.98 Å². The molecule has 21 heavy (non-hydrogen) atoms. The third kappa shape index (κ3) is 4.99. The highest BCUT2D eigenvalue weighted by molar-refractivity contribution is 6.30. The summed E-state index contributed by atoms with van der Waals surface area (Å²) in [6.45, 7) is 1.92. The van der Waals surface area contributed by atoms with Crippen LogP contribution < -0.4 is 5.32 Å². The van der Waals surface area contributed by atoms with Crippen LogP contribution in [0.15, 0.2) is 18.3 Å². The Morgan fingerprint density at radius 1 is 1.48 bits per heavy atom. The molecule has 0 bridgehead atoms. The number of halogens is 1. The molecular formula is C14H18ClN3O3. The topological polar surface area (TPSA) is 82.5 Å². The number of carboxylic acid groups (broad SMARTS) is 1. The first-order valence-corrected chi connectivity index (χ1v) is 7.29. The molecule has 1 aliphatic rings. The summed E-state index contributed by atoms with van der Waals surface area (Å²) in [6.07, 6.45) is 3.29. The molecular weight excluding hydrogens is 294 g/mol. The molecule has 0 aromatic carbocycles. The minimum Gasteiger partial charge on any atom is -0.481 e. The zero-order valence-corrected chi connectivity index (χ0v) is 12.3. The number of carbonyl (C=O) groups is 2. The van der Waals surface area contributed by atoms with Crippen LogP contribution in [-0.2, 0) is 9.59 Å². The van der Waals surface area contributed by atoms with Gasteiger partial charge in [-0.15, -0.1) is 0 Å². The highest BCUT2D eigenvalue weighted by Gasteiger charge is 2.26. The number of hydrogen-bond acceptors (Lipinski definition) is 4.